The fraction of sp³-hybridized carbons (Fsp3) is 0.786. The van der Waals surface area contributed by atoms with Gasteiger partial charge in [0.05, 0.1) is 11.9 Å². The zero-order valence-electron chi connectivity index (χ0n) is 12.1. The smallest absolute Gasteiger partial charge is 0.331 e. The highest BCUT2D eigenvalue weighted by atomic mass is 31.2. The monoisotopic (exact) mass is 303 g/mol. The van der Waals surface area contributed by atoms with E-state index < -0.39 is 19.1 Å². The van der Waals surface area contributed by atoms with Crippen LogP contribution < -0.4 is 5.73 Å². The number of hydrogen-bond acceptors (Lipinski definition) is 3. The molecule has 0 bridgehead atoms. The molecule has 1 aliphatic carbocycles. The molecule has 5 nitrogen and oxygen atoms in total. The van der Waals surface area contributed by atoms with Crippen LogP contribution in [0.25, 0.3) is 0 Å². The molecule has 116 valence electrons. The van der Waals surface area contributed by atoms with Crippen LogP contribution in [0.5, 0.6) is 0 Å². The van der Waals surface area contributed by atoms with E-state index in [9.17, 15) is 14.3 Å². The van der Waals surface area contributed by atoms with Crippen LogP contribution in [0.2, 0.25) is 0 Å². The summed E-state index contributed by atoms with van der Waals surface area (Å²) < 4.78 is 12.3. The first-order valence-electron chi connectivity index (χ1n) is 7.36. The number of carboxylic acid groups (broad SMARTS) is 1. The molecule has 1 aliphatic rings. The Kier molecular flexibility index (Phi) is 6.93. The van der Waals surface area contributed by atoms with E-state index in [0.717, 1.165) is 25.7 Å². The van der Waals surface area contributed by atoms with Gasteiger partial charge in [0.15, 0.2) is 0 Å². The predicted octanol–water partition coefficient (Wildman–Crippen LogP) is 2.93. The van der Waals surface area contributed by atoms with Crippen molar-refractivity contribution >= 4 is 13.3 Å². The van der Waals surface area contributed by atoms with E-state index >= 15 is 0 Å². The van der Waals surface area contributed by atoms with Crippen LogP contribution in [-0.2, 0) is 9.36 Å². The van der Waals surface area contributed by atoms with Crippen molar-refractivity contribution in [3.63, 3.8) is 0 Å². The van der Waals surface area contributed by atoms with Gasteiger partial charge in [0.1, 0.15) is 0 Å². The molecular weight excluding hydrogens is 277 g/mol. The summed E-state index contributed by atoms with van der Waals surface area (Å²) in [5.41, 5.74) is 5.89. The molecular formula is C14H26NO4P. The van der Waals surface area contributed by atoms with Gasteiger partial charge in [-0.05, 0) is 18.8 Å². The van der Waals surface area contributed by atoms with Crippen LogP contribution in [0.4, 0.5) is 0 Å². The number of nitrogens with two attached hydrogens (primary N) is 1. The maximum absolute atomic E-state index is 12.3. The summed E-state index contributed by atoms with van der Waals surface area (Å²) in [5, 5.41) is 9.03. The van der Waals surface area contributed by atoms with Crippen LogP contribution in [0, 0.1) is 5.92 Å². The molecule has 0 aromatic heterocycles. The highest BCUT2D eigenvalue weighted by Crippen LogP contribution is 2.48. The fourth-order valence-corrected chi connectivity index (χ4v) is 4.37. The predicted molar refractivity (Wildman–Crippen MR) is 79.9 cm³/mol. The van der Waals surface area contributed by atoms with Crippen molar-refractivity contribution < 1.29 is 19.4 Å². The Morgan fingerprint density at radius 2 is 2.00 bits per heavy atom. The van der Waals surface area contributed by atoms with Gasteiger partial charge in [0, 0.05) is 5.57 Å². The Labute approximate surface area is 120 Å². The lowest BCUT2D eigenvalue weighted by molar-refractivity contribution is -0.132. The average Bonchev–Trinajstić information content (AvgIpc) is 2.39. The molecule has 1 fully saturated rings. The largest absolute Gasteiger partial charge is 0.478 e. The minimum absolute atomic E-state index is 0.00238. The van der Waals surface area contributed by atoms with Crippen LogP contribution >= 0.6 is 7.37 Å². The summed E-state index contributed by atoms with van der Waals surface area (Å²) in [6, 6.07) is 0. The number of carbonyl (C=O) groups is 1. The zero-order chi connectivity index (χ0) is 15.2. The summed E-state index contributed by atoms with van der Waals surface area (Å²) in [5.74, 6) is -1.54. The molecule has 6 heteroatoms. The Morgan fingerprint density at radius 3 is 2.50 bits per heavy atom. The van der Waals surface area contributed by atoms with E-state index in [1.807, 2.05) is 0 Å². The van der Waals surface area contributed by atoms with E-state index in [-0.39, 0.29) is 11.7 Å². The van der Waals surface area contributed by atoms with Crippen LogP contribution in [0.1, 0.15) is 51.9 Å². The van der Waals surface area contributed by atoms with Gasteiger partial charge in [0.25, 0.3) is 0 Å². The lowest BCUT2D eigenvalue weighted by Crippen LogP contribution is -2.27. The van der Waals surface area contributed by atoms with Crippen molar-refractivity contribution in [1.82, 2.24) is 0 Å². The minimum atomic E-state index is -3.66. The Hall–Kier alpha value is -0.640. The molecule has 2 atom stereocenters. The molecule has 0 spiro atoms. The molecule has 1 unspecified atom stereocenters. The Bertz CT molecular complexity index is 402. The number of aliphatic carboxylic acids is 1. The molecule has 0 saturated heterocycles. The number of rotatable bonds is 7. The normalized spacial score (nSPS) is 22.2. The molecule has 4 N–H and O–H groups in total. The maximum Gasteiger partial charge on any atom is 0.331 e. The number of hydrogen-bond donors (Lipinski definition) is 3. The van der Waals surface area contributed by atoms with E-state index in [0.29, 0.717) is 18.8 Å². The van der Waals surface area contributed by atoms with Crippen molar-refractivity contribution in [3.05, 3.63) is 11.6 Å². The molecule has 0 radical (unpaired) electrons. The lowest BCUT2D eigenvalue weighted by Gasteiger charge is -2.27. The number of allylic oxidation sites excluding steroid dienone is 1. The first kappa shape index (κ1) is 17.4. The second kappa shape index (κ2) is 7.96. The van der Waals surface area contributed by atoms with Gasteiger partial charge in [-0.2, -0.15) is 0 Å². The van der Waals surface area contributed by atoms with E-state index in [1.165, 1.54) is 12.5 Å². The van der Waals surface area contributed by atoms with Crippen molar-refractivity contribution in [2.24, 2.45) is 11.7 Å². The summed E-state index contributed by atoms with van der Waals surface area (Å²) in [6.45, 7) is 1.80. The summed E-state index contributed by atoms with van der Waals surface area (Å²) in [4.78, 5) is 21.1. The van der Waals surface area contributed by atoms with Crippen molar-refractivity contribution in [3.8, 4) is 0 Å². The van der Waals surface area contributed by atoms with Crippen molar-refractivity contribution in [2.75, 3.05) is 6.16 Å². The minimum Gasteiger partial charge on any atom is -0.478 e. The lowest BCUT2D eigenvalue weighted by atomic mass is 9.87. The van der Waals surface area contributed by atoms with Crippen LogP contribution in [0.15, 0.2) is 11.6 Å². The Morgan fingerprint density at radius 1 is 1.40 bits per heavy atom. The van der Waals surface area contributed by atoms with Gasteiger partial charge in [-0.3, -0.25) is 4.57 Å². The second-order valence-electron chi connectivity index (χ2n) is 5.66. The maximum atomic E-state index is 12.3. The van der Waals surface area contributed by atoms with Crippen LogP contribution in [0.3, 0.4) is 0 Å². The van der Waals surface area contributed by atoms with Gasteiger partial charge in [-0.25, -0.2) is 4.79 Å². The molecule has 0 aliphatic heterocycles. The topological polar surface area (TPSA) is 101 Å². The average molecular weight is 303 g/mol. The second-order valence-corrected chi connectivity index (χ2v) is 8.15. The van der Waals surface area contributed by atoms with E-state index in [4.69, 9.17) is 10.8 Å². The molecule has 1 saturated carbocycles. The molecule has 1 rings (SSSR count). The summed E-state index contributed by atoms with van der Waals surface area (Å²) in [7, 11) is -3.66. The highest BCUT2D eigenvalue weighted by molar-refractivity contribution is 7.59. The summed E-state index contributed by atoms with van der Waals surface area (Å²) >= 11 is 0. The van der Waals surface area contributed by atoms with Gasteiger partial charge < -0.3 is 15.7 Å². The number of carboxylic acids is 1. The van der Waals surface area contributed by atoms with Gasteiger partial charge in [-0.1, -0.05) is 45.1 Å². The van der Waals surface area contributed by atoms with Crippen molar-refractivity contribution in [2.45, 2.75) is 57.7 Å². The first-order valence-corrected chi connectivity index (χ1v) is 9.27. The molecule has 0 heterocycles. The standard InChI is InChI=1S/C14H26NO4P/c1-2-6-12(14(16)17)10-20(18,19)13(15)9-11-7-4-3-5-8-11/h6,11,13H,2-5,7-10,15H2,1H3,(H,16,17)(H,18,19)/t13-/m1/s1. The van der Waals surface area contributed by atoms with Crippen LogP contribution in [-0.4, -0.2) is 27.9 Å². The third-order valence-electron chi connectivity index (χ3n) is 3.94. The first-order chi connectivity index (χ1) is 9.36. The quantitative estimate of drug-likeness (QED) is 0.496. The van der Waals surface area contributed by atoms with Gasteiger partial charge in [0.2, 0.25) is 7.37 Å². The van der Waals surface area contributed by atoms with Gasteiger partial charge >= 0.3 is 5.97 Å². The molecule has 20 heavy (non-hydrogen) atoms. The molecule has 0 aromatic rings. The SMILES string of the molecule is CCC=C(CP(=O)(O)[C@@H](N)CC1CCCCC1)C(=O)O. The zero-order valence-corrected chi connectivity index (χ0v) is 13.0. The summed E-state index contributed by atoms with van der Waals surface area (Å²) in [6.07, 6.45) is 7.86. The fourth-order valence-electron chi connectivity index (χ4n) is 2.76. The molecule has 0 aromatic carbocycles. The highest BCUT2D eigenvalue weighted by Gasteiger charge is 2.32. The third-order valence-corrected chi connectivity index (χ3v) is 5.98. The Balaban J connectivity index is 2.63. The van der Waals surface area contributed by atoms with E-state index in [1.54, 1.807) is 6.92 Å². The third kappa shape index (κ3) is 5.39. The van der Waals surface area contributed by atoms with Gasteiger partial charge in [-0.15, -0.1) is 0 Å². The molecule has 0 amide bonds. The van der Waals surface area contributed by atoms with E-state index in [2.05, 4.69) is 0 Å². The van der Waals surface area contributed by atoms with Crippen molar-refractivity contribution in [1.29, 1.82) is 0 Å².